The molecule has 1 aliphatic heterocycles. The summed E-state index contributed by atoms with van der Waals surface area (Å²) in [6.07, 6.45) is 0.357. The molecule has 1 aliphatic rings. The molecule has 2 atom stereocenters. The van der Waals surface area contributed by atoms with Crippen LogP contribution in [0.15, 0.2) is 59.5 Å². The zero-order chi connectivity index (χ0) is 29.7. The molecule has 5 rings (SSSR count). The van der Waals surface area contributed by atoms with E-state index < -0.39 is 27.3 Å². The van der Waals surface area contributed by atoms with E-state index in [1.807, 2.05) is 58.2 Å². The van der Waals surface area contributed by atoms with Crippen LogP contribution in [0.2, 0.25) is 0 Å². The van der Waals surface area contributed by atoms with Crippen molar-refractivity contribution in [2.24, 2.45) is 12.5 Å². The van der Waals surface area contributed by atoms with E-state index in [0.29, 0.717) is 12.2 Å². The van der Waals surface area contributed by atoms with Crippen LogP contribution in [0.4, 0.5) is 0 Å². The van der Waals surface area contributed by atoms with Crippen molar-refractivity contribution in [1.82, 2.24) is 19.3 Å². The highest BCUT2D eigenvalue weighted by Gasteiger charge is 2.41. The first kappa shape index (κ1) is 28.8. The highest BCUT2D eigenvalue weighted by molar-refractivity contribution is 7.89. The van der Waals surface area contributed by atoms with E-state index in [0.717, 1.165) is 38.9 Å². The highest BCUT2D eigenvalue weighted by Crippen LogP contribution is 2.44. The Kier molecular flexibility index (Phi) is 7.42. The molecule has 2 unspecified atom stereocenters. The van der Waals surface area contributed by atoms with Gasteiger partial charge in [0.05, 0.1) is 17.5 Å². The van der Waals surface area contributed by atoms with E-state index in [1.54, 1.807) is 42.8 Å². The number of para-hydroxylation sites is 1. The van der Waals surface area contributed by atoms with Gasteiger partial charge in [-0.15, -0.1) is 5.10 Å². The highest BCUT2D eigenvalue weighted by atomic mass is 32.2. The van der Waals surface area contributed by atoms with Crippen LogP contribution in [0.5, 0.6) is 5.75 Å². The first-order valence-electron chi connectivity index (χ1n) is 13.7. The molecule has 0 bridgehead atoms. The molecule has 3 aromatic carbocycles. The van der Waals surface area contributed by atoms with Gasteiger partial charge in [0, 0.05) is 19.5 Å². The van der Waals surface area contributed by atoms with Gasteiger partial charge in [-0.05, 0) is 80.1 Å². The fourth-order valence-corrected chi connectivity index (χ4v) is 7.28. The molecule has 10 heteroatoms. The van der Waals surface area contributed by atoms with E-state index in [4.69, 9.17) is 4.74 Å². The number of carboxylic acid groups (broad SMARTS) is 1. The standard InChI is InChI=1S/C31H36N4O5S/c1-7-23-18-35(41(38,39)27-11-9-8-10-26(27)40-23)17-22-16-21(13-12-19(22)2)28(31(4,5)30(36)37)24-14-15-25-29(20(24)3)32-33-34(25)6/h8-16,23,28H,7,17-18H2,1-6H3,(H,36,37). The van der Waals surface area contributed by atoms with Gasteiger partial charge in [0.25, 0.3) is 0 Å². The lowest BCUT2D eigenvalue weighted by Gasteiger charge is -2.33. The van der Waals surface area contributed by atoms with Gasteiger partial charge in [0.15, 0.2) is 0 Å². The average molecular weight is 577 g/mol. The molecular weight excluding hydrogens is 540 g/mol. The van der Waals surface area contributed by atoms with Crippen LogP contribution in [0.1, 0.15) is 60.9 Å². The van der Waals surface area contributed by atoms with Crippen molar-refractivity contribution in [2.45, 2.75) is 64.5 Å². The van der Waals surface area contributed by atoms with Crippen LogP contribution in [0, 0.1) is 19.3 Å². The summed E-state index contributed by atoms with van der Waals surface area (Å²) in [7, 11) is -2.01. The van der Waals surface area contributed by atoms with Gasteiger partial charge in [0.2, 0.25) is 10.0 Å². The SMILES string of the molecule is CCC1CN(Cc2cc(C(c3ccc4c(nnn4C)c3C)C(C)(C)C(=O)O)ccc2C)S(=O)(=O)c2ccccc2O1. The first-order valence-corrected chi connectivity index (χ1v) is 15.2. The molecule has 0 amide bonds. The Morgan fingerprint density at radius 1 is 1.15 bits per heavy atom. The Balaban J connectivity index is 1.62. The number of aliphatic carboxylic acids is 1. The maximum absolute atomic E-state index is 13.8. The summed E-state index contributed by atoms with van der Waals surface area (Å²) in [5.74, 6) is -1.10. The number of ether oxygens (including phenoxy) is 1. The number of hydrogen-bond donors (Lipinski definition) is 1. The van der Waals surface area contributed by atoms with Crippen molar-refractivity contribution in [3.63, 3.8) is 0 Å². The Bertz CT molecular complexity index is 1740. The van der Waals surface area contributed by atoms with Crippen molar-refractivity contribution >= 4 is 27.0 Å². The van der Waals surface area contributed by atoms with Gasteiger partial charge in [-0.2, -0.15) is 4.31 Å². The Morgan fingerprint density at radius 2 is 1.88 bits per heavy atom. The third-order valence-electron chi connectivity index (χ3n) is 8.34. The molecule has 1 aromatic heterocycles. The molecule has 1 N–H and O–H groups in total. The van der Waals surface area contributed by atoms with Crippen molar-refractivity contribution in [2.75, 3.05) is 6.54 Å². The smallest absolute Gasteiger partial charge is 0.310 e. The molecule has 41 heavy (non-hydrogen) atoms. The van der Waals surface area contributed by atoms with Crippen LogP contribution in [-0.4, -0.2) is 51.4 Å². The fourth-order valence-electron chi connectivity index (χ4n) is 5.71. The molecular formula is C31H36N4O5S. The molecule has 9 nitrogen and oxygen atoms in total. The molecule has 0 fully saturated rings. The summed E-state index contributed by atoms with van der Waals surface area (Å²) in [5.41, 5.74) is 4.64. The third-order valence-corrected chi connectivity index (χ3v) is 10.2. The lowest BCUT2D eigenvalue weighted by molar-refractivity contribution is -0.147. The molecule has 0 spiro atoms. The zero-order valence-corrected chi connectivity index (χ0v) is 25.1. The van der Waals surface area contributed by atoms with Crippen molar-refractivity contribution in [3.05, 3.63) is 82.4 Å². The molecule has 216 valence electrons. The van der Waals surface area contributed by atoms with Gasteiger partial charge >= 0.3 is 5.97 Å². The van der Waals surface area contributed by atoms with E-state index in [-0.39, 0.29) is 24.1 Å². The monoisotopic (exact) mass is 576 g/mol. The predicted octanol–water partition coefficient (Wildman–Crippen LogP) is 5.19. The maximum Gasteiger partial charge on any atom is 0.310 e. The van der Waals surface area contributed by atoms with Gasteiger partial charge in [-0.25, -0.2) is 13.1 Å². The number of hydrogen-bond acceptors (Lipinski definition) is 6. The number of rotatable bonds is 7. The van der Waals surface area contributed by atoms with E-state index in [1.165, 1.54) is 4.31 Å². The van der Waals surface area contributed by atoms with Crippen LogP contribution in [0.25, 0.3) is 11.0 Å². The molecule has 0 saturated heterocycles. The minimum Gasteiger partial charge on any atom is -0.488 e. The second kappa shape index (κ2) is 10.6. The maximum atomic E-state index is 13.8. The molecule has 4 aromatic rings. The summed E-state index contributed by atoms with van der Waals surface area (Å²) >= 11 is 0. The lowest BCUT2D eigenvalue weighted by atomic mass is 9.69. The third kappa shape index (κ3) is 4.99. The minimum atomic E-state index is -3.84. The predicted molar refractivity (Wildman–Crippen MR) is 156 cm³/mol. The van der Waals surface area contributed by atoms with Gasteiger partial charge in [-0.3, -0.25) is 4.79 Å². The number of sulfonamides is 1. The summed E-state index contributed by atoms with van der Waals surface area (Å²) in [6, 6.07) is 16.5. The second-order valence-corrected chi connectivity index (χ2v) is 13.3. The van der Waals surface area contributed by atoms with Crippen molar-refractivity contribution < 1.29 is 23.1 Å². The Labute approximate surface area is 240 Å². The van der Waals surface area contributed by atoms with Gasteiger partial charge in [0.1, 0.15) is 22.3 Å². The number of aromatic nitrogens is 3. The van der Waals surface area contributed by atoms with Crippen LogP contribution in [-0.2, 0) is 28.4 Å². The topological polar surface area (TPSA) is 115 Å². The second-order valence-electron chi connectivity index (χ2n) is 11.4. The average Bonchev–Trinajstić information content (AvgIpc) is 3.27. The molecule has 0 radical (unpaired) electrons. The number of carbonyl (C=O) groups is 1. The quantitative estimate of drug-likeness (QED) is 0.322. The molecule has 0 aliphatic carbocycles. The molecule has 2 heterocycles. The van der Waals surface area contributed by atoms with Crippen LogP contribution < -0.4 is 4.74 Å². The van der Waals surface area contributed by atoms with E-state index in [9.17, 15) is 18.3 Å². The van der Waals surface area contributed by atoms with Gasteiger partial charge < -0.3 is 9.84 Å². The zero-order valence-electron chi connectivity index (χ0n) is 24.2. The Hall–Kier alpha value is -3.76. The number of aryl methyl sites for hydroxylation is 3. The summed E-state index contributed by atoms with van der Waals surface area (Å²) in [6.45, 7) is 9.66. The summed E-state index contributed by atoms with van der Waals surface area (Å²) in [4.78, 5) is 12.8. The number of benzene rings is 3. The Morgan fingerprint density at radius 3 is 2.59 bits per heavy atom. The van der Waals surface area contributed by atoms with Crippen LogP contribution in [0.3, 0.4) is 0 Å². The van der Waals surface area contributed by atoms with Crippen molar-refractivity contribution in [3.8, 4) is 5.75 Å². The van der Waals surface area contributed by atoms with Crippen LogP contribution >= 0.6 is 0 Å². The van der Waals surface area contributed by atoms with E-state index >= 15 is 0 Å². The lowest BCUT2D eigenvalue weighted by Crippen LogP contribution is -2.36. The molecule has 0 saturated carbocycles. The van der Waals surface area contributed by atoms with E-state index in [2.05, 4.69) is 10.3 Å². The number of nitrogens with zero attached hydrogens (tertiary/aromatic N) is 4. The first-order chi connectivity index (χ1) is 19.4. The van der Waals surface area contributed by atoms with Gasteiger partial charge in [-0.1, -0.05) is 48.5 Å². The number of fused-ring (bicyclic) bond motifs is 2. The fraction of sp³-hybridized carbons (Fsp3) is 0.387. The van der Waals surface area contributed by atoms with Crippen molar-refractivity contribution in [1.29, 1.82) is 0 Å². The number of carboxylic acids is 1. The minimum absolute atomic E-state index is 0.137. The summed E-state index contributed by atoms with van der Waals surface area (Å²) < 4.78 is 36.9. The normalized spacial score (nSPS) is 18.0. The summed E-state index contributed by atoms with van der Waals surface area (Å²) in [5, 5.41) is 18.8. The largest absolute Gasteiger partial charge is 0.488 e.